The lowest BCUT2D eigenvalue weighted by Crippen LogP contribution is -2.59. The van der Waals surface area contributed by atoms with E-state index in [1.54, 1.807) is 18.1 Å². The van der Waals surface area contributed by atoms with Crippen LogP contribution in [0.5, 0.6) is 0 Å². The molecule has 5 aromatic rings. The first kappa shape index (κ1) is 31.4. The molecule has 3 aromatic heterocycles. The molecule has 2 atom stereocenters. The number of pyridine rings is 2. The third-order valence-electron chi connectivity index (χ3n) is 8.04. The lowest BCUT2D eigenvalue weighted by atomic mass is 9.92. The van der Waals surface area contributed by atoms with Crippen molar-refractivity contribution in [2.75, 3.05) is 18.8 Å². The molecular formula is C36H43N7S. The first-order valence-electron chi connectivity index (χ1n) is 15.7. The lowest BCUT2D eigenvalue weighted by Gasteiger charge is -2.50. The molecule has 6 heterocycles. The van der Waals surface area contributed by atoms with E-state index in [2.05, 4.69) is 61.7 Å². The quantitative estimate of drug-likeness (QED) is 0.187. The summed E-state index contributed by atoms with van der Waals surface area (Å²) in [5.74, 6) is 1.18. The number of hydrogen-bond acceptors (Lipinski definition) is 7. The number of benzene rings is 2. The van der Waals surface area contributed by atoms with Gasteiger partial charge in [0, 0.05) is 49.2 Å². The van der Waals surface area contributed by atoms with E-state index in [1.165, 1.54) is 18.4 Å². The predicted octanol–water partition coefficient (Wildman–Crippen LogP) is 8.22. The van der Waals surface area contributed by atoms with Gasteiger partial charge in [-0.1, -0.05) is 88.7 Å². The zero-order valence-corrected chi connectivity index (χ0v) is 27.0. The van der Waals surface area contributed by atoms with E-state index in [1.807, 2.05) is 75.6 Å². The van der Waals surface area contributed by atoms with Gasteiger partial charge in [0.15, 0.2) is 11.5 Å². The number of rotatable bonds is 7. The van der Waals surface area contributed by atoms with Crippen LogP contribution in [0.3, 0.4) is 0 Å². The van der Waals surface area contributed by atoms with Gasteiger partial charge in [-0.2, -0.15) is 0 Å². The summed E-state index contributed by atoms with van der Waals surface area (Å²) in [5, 5.41) is 1.95. The first-order valence-corrected chi connectivity index (χ1v) is 16.5. The highest BCUT2D eigenvalue weighted by Crippen LogP contribution is 2.35. The van der Waals surface area contributed by atoms with Crippen molar-refractivity contribution in [2.24, 2.45) is 0 Å². The molecule has 44 heavy (non-hydrogen) atoms. The molecule has 228 valence electrons. The van der Waals surface area contributed by atoms with Gasteiger partial charge in [-0.25, -0.2) is 19.3 Å². The van der Waals surface area contributed by atoms with E-state index in [9.17, 15) is 0 Å². The molecule has 0 amide bonds. The fraction of sp³-hybridized carbons (Fsp3) is 0.306. The normalized spacial score (nSPS) is 17.8. The van der Waals surface area contributed by atoms with Gasteiger partial charge in [-0.15, -0.1) is 0 Å². The van der Waals surface area contributed by atoms with Crippen molar-refractivity contribution in [1.82, 2.24) is 28.7 Å². The second-order valence-electron chi connectivity index (χ2n) is 10.5. The number of fused-ring (bicyclic) bond motifs is 4. The standard InChI is InChI=1S/C32H31N7S.2C2H6/c1-2-40-38-21-25-14-15-26(38)20-37(25)19-22-10-12-24(13-11-22)39-31(27-9-6-18-34-30(27)33)36-29-17-16-28(35-32(29)39)23-7-4-3-5-8-23;2*1-2/h2-13,16-18,25-26H,1,14-15,19-21H2,(H2,33,34);2*1-2H3. The molecule has 2 aromatic carbocycles. The van der Waals surface area contributed by atoms with Crippen molar-refractivity contribution in [2.45, 2.75) is 59.2 Å². The fourth-order valence-electron chi connectivity index (χ4n) is 6.04. The van der Waals surface area contributed by atoms with Crippen LogP contribution in [0.2, 0.25) is 0 Å². The highest BCUT2D eigenvalue weighted by atomic mass is 32.2. The third kappa shape index (κ3) is 6.43. The highest BCUT2D eigenvalue weighted by molar-refractivity contribution is 7.99. The number of anilines is 1. The van der Waals surface area contributed by atoms with Crippen molar-refractivity contribution in [1.29, 1.82) is 0 Å². The third-order valence-corrected chi connectivity index (χ3v) is 8.90. The number of nitrogen functional groups attached to an aromatic ring is 1. The Labute approximate surface area is 266 Å². The Morgan fingerprint density at radius 1 is 0.864 bits per heavy atom. The second-order valence-corrected chi connectivity index (χ2v) is 11.5. The topological polar surface area (TPSA) is 76.1 Å². The Morgan fingerprint density at radius 3 is 2.30 bits per heavy atom. The van der Waals surface area contributed by atoms with Crippen LogP contribution in [0.1, 0.15) is 46.1 Å². The number of piperazine rings is 1. The molecule has 3 saturated heterocycles. The van der Waals surface area contributed by atoms with Gasteiger partial charge in [-0.3, -0.25) is 9.47 Å². The number of imidazole rings is 1. The lowest BCUT2D eigenvalue weighted by molar-refractivity contribution is 0.0235. The number of nitrogens with two attached hydrogens (primary N) is 1. The minimum absolute atomic E-state index is 0.447. The first-order chi connectivity index (χ1) is 21.7. The molecule has 2 bridgehead atoms. The summed E-state index contributed by atoms with van der Waals surface area (Å²) in [6, 6.07) is 28.1. The van der Waals surface area contributed by atoms with Gasteiger partial charge in [0.1, 0.15) is 11.3 Å². The van der Waals surface area contributed by atoms with E-state index in [4.69, 9.17) is 15.7 Å². The highest BCUT2D eigenvalue weighted by Gasteiger charge is 2.38. The molecule has 8 heteroatoms. The summed E-state index contributed by atoms with van der Waals surface area (Å²) in [7, 11) is 0. The van der Waals surface area contributed by atoms with Gasteiger partial charge < -0.3 is 5.73 Å². The zero-order valence-electron chi connectivity index (χ0n) is 26.2. The molecule has 3 aliphatic rings. The van der Waals surface area contributed by atoms with Crippen molar-refractivity contribution in [3.05, 3.63) is 103 Å². The maximum absolute atomic E-state index is 6.33. The molecular weight excluding hydrogens is 563 g/mol. The maximum Gasteiger partial charge on any atom is 0.165 e. The average molecular weight is 606 g/mol. The van der Waals surface area contributed by atoms with E-state index in [-0.39, 0.29) is 0 Å². The summed E-state index contributed by atoms with van der Waals surface area (Å²) in [6.45, 7) is 15.1. The van der Waals surface area contributed by atoms with Gasteiger partial charge in [0.2, 0.25) is 0 Å². The van der Waals surface area contributed by atoms with E-state index < -0.39 is 0 Å². The average Bonchev–Trinajstić information content (AvgIpc) is 3.47. The smallest absolute Gasteiger partial charge is 0.165 e. The molecule has 0 aliphatic carbocycles. The molecule has 7 nitrogen and oxygen atoms in total. The predicted molar refractivity (Wildman–Crippen MR) is 186 cm³/mol. The molecule has 3 fully saturated rings. The Balaban J connectivity index is 0.000000924. The van der Waals surface area contributed by atoms with Crippen molar-refractivity contribution < 1.29 is 0 Å². The molecule has 0 spiro atoms. The molecule has 3 aliphatic heterocycles. The Hall–Kier alpha value is -3.98. The van der Waals surface area contributed by atoms with E-state index in [0.29, 0.717) is 17.9 Å². The Bertz CT molecular complexity index is 1670. The van der Waals surface area contributed by atoms with Gasteiger partial charge in [0.05, 0.1) is 11.3 Å². The van der Waals surface area contributed by atoms with Gasteiger partial charge in [-0.05, 0) is 60.2 Å². The van der Waals surface area contributed by atoms with Crippen LogP contribution >= 0.6 is 11.9 Å². The Morgan fingerprint density at radius 2 is 1.61 bits per heavy atom. The summed E-state index contributed by atoms with van der Waals surface area (Å²) < 4.78 is 4.61. The second kappa shape index (κ2) is 14.7. The SMILES string of the molecule is C=CSN1CC2CCC1CN2Cc1ccc(-n2c(-c3cccnc3N)nc3ccc(-c4ccccc4)nc32)cc1.CC.CC. The Kier molecular flexibility index (Phi) is 10.5. The van der Waals surface area contributed by atoms with Crippen LogP contribution in [0.15, 0.2) is 97.0 Å². The largest absolute Gasteiger partial charge is 0.383 e. The summed E-state index contributed by atoms with van der Waals surface area (Å²) >= 11 is 1.77. The summed E-state index contributed by atoms with van der Waals surface area (Å²) in [6.07, 6.45) is 4.24. The minimum Gasteiger partial charge on any atom is -0.383 e. The van der Waals surface area contributed by atoms with Crippen LogP contribution in [0, 0.1) is 0 Å². The molecule has 8 rings (SSSR count). The molecule has 2 N–H and O–H groups in total. The minimum atomic E-state index is 0.447. The van der Waals surface area contributed by atoms with E-state index in [0.717, 1.165) is 59.1 Å². The van der Waals surface area contributed by atoms with Gasteiger partial charge >= 0.3 is 0 Å². The number of aromatic nitrogens is 4. The number of nitrogens with zero attached hydrogens (tertiary/aromatic N) is 6. The van der Waals surface area contributed by atoms with Crippen LogP contribution < -0.4 is 5.73 Å². The van der Waals surface area contributed by atoms with E-state index >= 15 is 0 Å². The molecule has 0 saturated carbocycles. The van der Waals surface area contributed by atoms with Crippen LogP contribution in [0.25, 0.3) is 39.5 Å². The van der Waals surface area contributed by atoms with Crippen LogP contribution in [-0.2, 0) is 6.54 Å². The molecule has 2 unspecified atom stereocenters. The summed E-state index contributed by atoms with van der Waals surface area (Å²) in [5.41, 5.74) is 13.0. The maximum atomic E-state index is 6.33. The van der Waals surface area contributed by atoms with Crippen LogP contribution in [0.4, 0.5) is 5.82 Å². The zero-order chi connectivity index (χ0) is 31.1. The number of piperidine rings is 2. The van der Waals surface area contributed by atoms with Crippen LogP contribution in [-0.4, -0.2) is 53.9 Å². The molecule has 0 radical (unpaired) electrons. The van der Waals surface area contributed by atoms with Crippen molar-refractivity contribution >= 4 is 28.9 Å². The van der Waals surface area contributed by atoms with Crippen molar-refractivity contribution in [3.8, 4) is 28.3 Å². The number of hydrogen-bond donors (Lipinski definition) is 1. The summed E-state index contributed by atoms with van der Waals surface area (Å²) in [4.78, 5) is 17.0. The monoisotopic (exact) mass is 605 g/mol. The van der Waals surface area contributed by atoms with Crippen molar-refractivity contribution in [3.63, 3.8) is 0 Å². The van der Waals surface area contributed by atoms with Gasteiger partial charge in [0.25, 0.3) is 0 Å². The fourth-order valence-corrected chi connectivity index (χ4v) is 6.83.